The molecule has 0 radical (unpaired) electrons. The summed E-state index contributed by atoms with van der Waals surface area (Å²) >= 11 is 0. The number of phenols is 1. The van der Waals surface area contributed by atoms with Crippen LogP contribution in [0, 0.1) is 28.1 Å². The average molecular weight is 2020 g/mol. The number of carboxylic acids is 3. The highest BCUT2D eigenvalue weighted by Crippen LogP contribution is 2.17. The molecular weight excluding hydrogens is 1890 g/mol. The number of phenolic OH excluding ortho intramolecular Hbond substituents is 1. The molecule has 0 aliphatic carbocycles. The maximum atomic E-state index is 14.4. The molecule has 0 saturated heterocycles. The summed E-state index contributed by atoms with van der Waals surface area (Å²) in [6.07, 6.45) is -3.69. The lowest BCUT2D eigenvalue weighted by Gasteiger charge is -2.29. The van der Waals surface area contributed by atoms with Crippen LogP contribution in [0.5, 0.6) is 5.75 Å². The number of nitrogens with two attached hydrogens (primary N) is 5. The Balaban J connectivity index is 1.80. The maximum absolute atomic E-state index is 14.4. The van der Waals surface area contributed by atoms with Crippen molar-refractivity contribution < 1.29 is 131 Å². The van der Waals surface area contributed by atoms with Crippen molar-refractivity contribution in [3.8, 4) is 5.75 Å². The van der Waals surface area contributed by atoms with Gasteiger partial charge in [0.15, 0.2) is 17.9 Å². The molecular formula is C86H134N30O27. The molecule has 1 heterocycles. The minimum Gasteiger partial charge on any atom is -0.508 e. The van der Waals surface area contributed by atoms with Gasteiger partial charge in [0.2, 0.25) is 106 Å². The van der Waals surface area contributed by atoms with E-state index in [0.717, 1.165) is 13.8 Å². The minimum atomic E-state index is -1.95. The van der Waals surface area contributed by atoms with Crippen molar-refractivity contribution in [3.63, 3.8) is 0 Å². The number of hydrogen-bond donors (Lipinski definition) is 35. The summed E-state index contributed by atoms with van der Waals surface area (Å²) in [6.45, 7) is 7.54. The number of rotatable bonds is 65. The first-order valence-corrected chi connectivity index (χ1v) is 45.4. The van der Waals surface area contributed by atoms with Gasteiger partial charge in [0.1, 0.15) is 96.4 Å². The molecule has 0 unspecified atom stereocenters. The van der Waals surface area contributed by atoms with E-state index >= 15 is 0 Å². The number of hydrogen-bond acceptors (Lipinski definition) is 29. The summed E-state index contributed by atoms with van der Waals surface area (Å²) in [7, 11) is 0. The number of amides is 18. The van der Waals surface area contributed by atoms with Crippen molar-refractivity contribution in [2.75, 3.05) is 39.3 Å². The number of aromatic nitrogens is 2. The maximum Gasteiger partial charge on any atom is 0.326 e. The molecule has 0 aliphatic rings. The van der Waals surface area contributed by atoms with E-state index in [1.165, 1.54) is 57.6 Å². The zero-order valence-electron chi connectivity index (χ0n) is 80.1. The molecule has 57 nitrogen and oxygen atoms in total. The van der Waals surface area contributed by atoms with Gasteiger partial charge in [-0.15, -0.1) is 0 Å². The van der Waals surface area contributed by atoms with Gasteiger partial charge in [-0.2, -0.15) is 0 Å². The number of carbonyl (C=O) groups excluding carboxylic acids is 18. The number of aliphatic hydroxyl groups is 2. The Kier molecular flexibility index (Phi) is 52.7. The Morgan fingerprint density at radius 2 is 0.734 bits per heavy atom. The topological polar surface area (TPSA) is 951 Å². The molecule has 57 heteroatoms. The number of nitrogens with zero attached hydrogens (tertiary/aromatic N) is 1. The number of aromatic amines is 1. The van der Waals surface area contributed by atoms with E-state index in [4.69, 9.17) is 44.9 Å². The van der Waals surface area contributed by atoms with Crippen molar-refractivity contribution in [3.05, 3.63) is 83.9 Å². The van der Waals surface area contributed by atoms with Crippen molar-refractivity contribution in [2.24, 2.45) is 40.5 Å². The fraction of sp³-hybridized carbons (Fsp3) is 0.547. The minimum absolute atomic E-state index is 0.00707. The van der Waals surface area contributed by atoms with Gasteiger partial charge in [0.25, 0.3) is 0 Å². The monoisotopic (exact) mass is 2020 g/mol. The average Bonchev–Trinajstić information content (AvgIpc) is 1.75. The van der Waals surface area contributed by atoms with Crippen LogP contribution in [-0.4, -0.2) is 325 Å². The quantitative estimate of drug-likeness (QED) is 0.0142. The number of carbonyl (C=O) groups is 21. The summed E-state index contributed by atoms with van der Waals surface area (Å²) in [6, 6.07) is -12.6. The second-order valence-corrected chi connectivity index (χ2v) is 33.5. The first-order valence-electron chi connectivity index (χ1n) is 45.4. The van der Waals surface area contributed by atoms with Crippen LogP contribution in [0.1, 0.15) is 143 Å². The molecule has 1 aromatic heterocycles. The number of carboxylic acid groups (broad SMARTS) is 3. The van der Waals surface area contributed by atoms with Crippen molar-refractivity contribution in [1.82, 2.24) is 116 Å². The molecule has 3 rings (SSSR count). The summed E-state index contributed by atoms with van der Waals surface area (Å²) in [5.41, 5.74) is 29.3. The smallest absolute Gasteiger partial charge is 0.326 e. The lowest BCUT2D eigenvalue weighted by Crippen LogP contribution is -2.61. The molecule has 0 bridgehead atoms. The van der Waals surface area contributed by atoms with E-state index in [1.54, 1.807) is 51.1 Å². The van der Waals surface area contributed by atoms with Crippen molar-refractivity contribution >= 4 is 142 Å². The number of imidazole rings is 1. The van der Waals surface area contributed by atoms with E-state index < -0.39 is 296 Å². The molecule has 2 aromatic carbocycles. The van der Waals surface area contributed by atoms with Crippen LogP contribution in [0.2, 0.25) is 0 Å². The van der Waals surface area contributed by atoms with Gasteiger partial charge in [-0.25, -0.2) is 9.78 Å². The van der Waals surface area contributed by atoms with Crippen LogP contribution in [0.3, 0.4) is 0 Å². The predicted molar refractivity (Wildman–Crippen MR) is 505 cm³/mol. The summed E-state index contributed by atoms with van der Waals surface area (Å²) in [5, 5.41) is 130. The Labute approximate surface area is 820 Å². The van der Waals surface area contributed by atoms with Crippen LogP contribution < -0.4 is 135 Å². The molecule has 18 amide bonds. The van der Waals surface area contributed by atoms with Crippen LogP contribution in [-0.2, 0) is 120 Å². The third-order valence-electron chi connectivity index (χ3n) is 21.8. The van der Waals surface area contributed by atoms with Crippen LogP contribution in [0.4, 0.5) is 0 Å². The zero-order chi connectivity index (χ0) is 108. The number of H-pyrrole nitrogens is 1. The largest absolute Gasteiger partial charge is 0.508 e. The zero-order valence-corrected chi connectivity index (χ0v) is 80.1. The summed E-state index contributed by atoms with van der Waals surface area (Å²) < 4.78 is 0. The first kappa shape index (κ1) is 121. The van der Waals surface area contributed by atoms with E-state index in [0.29, 0.717) is 11.1 Å². The molecule has 19 atom stereocenters. The van der Waals surface area contributed by atoms with Gasteiger partial charge < -0.3 is 171 Å². The number of aliphatic carboxylic acids is 3. The van der Waals surface area contributed by atoms with Crippen LogP contribution in [0.15, 0.2) is 67.1 Å². The number of aromatic hydroxyl groups is 1. The van der Waals surface area contributed by atoms with Gasteiger partial charge in [-0.1, -0.05) is 83.0 Å². The standard InChI is InChI=1S/C86H134N30O27/c1-9-40(3)65(115-79(138)54(30-46-17-12-11-13-18-46)109-78(137)57(33-63(123)124)108-68(127)42(5)102-71(130)50(87)29-47-22-24-49(119)25-23-47)81(140)104-43(6)69(128)113-59(38-117)72(131)99-36-61(121)106-52(20-15-27-97-85(91)92)75(134)116-67(45(8)118)80(139)100-37-62(122)105-51(19-14-26-96-84(89)90)73(132)107-53(21-16-28-98-86(93)94)74(133)110-56(32-60(88)120)76(135)103-44(7)70(129)114-66(41(4)10-2)82(141)111-55(31-48-35-95-39-101-48)77(136)112-58(83(142)143)34-64(125)126/h11-13,17-18,22-25,35,39-45,50-59,65-67,117-119H,9-10,14-16,19-21,26-34,36-38,87H2,1-8H3,(H2,88,120)(H,95,101)(H,99,131)(H,100,139)(H,102,130)(H,103,135)(H,104,140)(H,105,122)(H,106,121)(H,107,132)(H,108,127)(H,109,137)(H,110,133)(H,111,141)(H,112,136)(H,113,128)(H,114,129)(H,115,138)(H,116,134)(H,123,124)(H,125,126)(H,142,143)(H4,89,90,96)(H4,91,92,97)(H4,93,94,98)/t40-,41-,42-,43-,44-,45+,50-,51-,52-,53-,54-,55-,56-,57-,58-,59-,65-,66-,67-/m0/s1. The van der Waals surface area contributed by atoms with Crippen molar-refractivity contribution in [2.45, 2.75) is 248 Å². The van der Waals surface area contributed by atoms with Crippen molar-refractivity contribution in [1.29, 1.82) is 16.2 Å². The highest BCUT2D eigenvalue weighted by atomic mass is 16.4. The number of guanidine groups is 3. The van der Waals surface area contributed by atoms with E-state index in [2.05, 4.69) is 116 Å². The number of aliphatic hydroxyl groups excluding tert-OH is 2. The fourth-order valence-electron chi connectivity index (χ4n) is 13.4. The molecule has 143 heavy (non-hydrogen) atoms. The van der Waals surface area contributed by atoms with Gasteiger partial charge in [0.05, 0.1) is 57.4 Å². The van der Waals surface area contributed by atoms with Gasteiger partial charge >= 0.3 is 17.9 Å². The first-order chi connectivity index (χ1) is 67.3. The molecule has 0 saturated carbocycles. The Morgan fingerprint density at radius 1 is 0.378 bits per heavy atom. The summed E-state index contributed by atoms with van der Waals surface area (Å²) in [5.74, 6) is -27.7. The van der Waals surface area contributed by atoms with Crippen LogP contribution in [0.25, 0.3) is 0 Å². The highest BCUT2D eigenvalue weighted by molar-refractivity contribution is 6.02. The molecule has 3 aromatic rings. The van der Waals surface area contributed by atoms with Crippen LogP contribution >= 0.6 is 0 Å². The molecule has 790 valence electrons. The van der Waals surface area contributed by atoms with Gasteiger partial charge in [0, 0.05) is 44.4 Å². The second kappa shape index (κ2) is 62.1. The normalized spacial score (nSPS) is 14.9. The molecule has 0 fully saturated rings. The number of benzene rings is 2. The lowest BCUT2D eigenvalue weighted by atomic mass is 9.96. The van der Waals surface area contributed by atoms with E-state index in [1.807, 2.05) is 0 Å². The predicted octanol–water partition coefficient (Wildman–Crippen LogP) is -11.8. The summed E-state index contributed by atoms with van der Waals surface area (Å²) in [4.78, 5) is 291. The second-order valence-electron chi connectivity index (χ2n) is 33.5. The van der Waals surface area contributed by atoms with E-state index in [-0.39, 0.29) is 102 Å². The highest BCUT2D eigenvalue weighted by Gasteiger charge is 2.40. The Hall–Kier alpha value is -16.0. The molecule has 0 aliphatic heterocycles. The number of nitrogens with one attached hydrogen (secondary N) is 24. The Morgan fingerprint density at radius 3 is 1.19 bits per heavy atom. The Bertz CT molecular complexity index is 4900. The number of primary amides is 1. The van der Waals surface area contributed by atoms with Gasteiger partial charge in [-0.3, -0.25) is 112 Å². The SMILES string of the molecule is CC[C@H](C)[C@H](NC(=O)[C@H](C)NC(=O)[C@H](CC(N)=O)NC(=O)[C@H](CCCNC(=N)N)NC(=O)[C@H](CCCNC(=N)N)NC(=O)CNC(=O)[C@@H](NC(=O)[C@H](CCCNC(=N)N)NC(=O)CNC(=O)[C@H](CO)NC(=O)[C@H](C)NC(=O)[C@@H](NC(=O)[C@H](Cc1ccccc1)NC(=O)[C@H](CC(=O)O)NC(=O)[C@H](C)NC(=O)[C@@H](N)Cc1ccc(O)cc1)[C@@H](C)CC)[C@@H](C)O)C(=O)N[C@@H](Cc1cnc[nH]1)C(=O)N[C@@H](CC(=O)O)C(=O)O. The lowest BCUT2D eigenvalue weighted by molar-refractivity contribution is -0.147. The van der Waals surface area contributed by atoms with E-state index in [9.17, 15) is 131 Å². The third kappa shape index (κ3) is 45.7. The molecule has 40 N–H and O–H groups in total. The third-order valence-corrected chi connectivity index (χ3v) is 21.8. The van der Waals surface area contributed by atoms with Gasteiger partial charge in [-0.05, 0) is 108 Å². The molecule has 0 spiro atoms. The fourth-order valence-corrected chi connectivity index (χ4v) is 13.4.